The van der Waals surface area contributed by atoms with Crippen molar-refractivity contribution in [2.24, 2.45) is 0 Å². The number of rotatable bonds is 7. The molecular formula is C26H34N2O3. The molecule has 1 saturated heterocycles. The lowest BCUT2D eigenvalue weighted by Crippen LogP contribution is -2.47. The molecule has 1 fully saturated rings. The highest BCUT2D eigenvalue weighted by molar-refractivity contribution is 5.65. The summed E-state index contributed by atoms with van der Waals surface area (Å²) in [6.07, 6.45) is 2.46. The predicted octanol–water partition coefficient (Wildman–Crippen LogP) is 4.08. The molecule has 31 heavy (non-hydrogen) atoms. The second-order valence-corrected chi connectivity index (χ2v) is 8.67. The number of aliphatic hydroxyl groups is 1. The molecule has 2 aliphatic heterocycles. The predicted molar refractivity (Wildman–Crippen MR) is 125 cm³/mol. The highest BCUT2D eigenvalue weighted by Crippen LogP contribution is 2.39. The maximum absolute atomic E-state index is 10.8. The molecule has 0 aromatic heterocycles. The maximum atomic E-state index is 10.8. The molecule has 2 unspecified atom stereocenters. The van der Waals surface area contributed by atoms with E-state index in [-0.39, 0.29) is 5.92 Å². The molecule has 2 aromatic carbocycles. The zero-order valence-corrected chi connectivity index (χ0v) is 18.7. The molecule has 2 aromatic rings. The van der Waals surface area contributed by atoms with Crippen molar-refractivity contribution in [3.05, 3.63) is 65.7 Å². The SMILES string of the molecule is CC(C)=CC(O)C(CCN1CCN(c2cccc3c2OCCO3)CC1)c1ccccc1. The van der Waals surface area contributed by atoms with E-state index in [1.54, 1.807) is 0 Å². The smallest absolute Gasteiger partial charge is 0.184 e. The maximum Gasteiger partial charge on any atom is 0.184 e. The molecule has 0 aliphatic carbocycles. The molecule has 2 aliphatic rings. The lowest BCUT2D eigenvalue weighted by molar-refractivity contribution is 0.165. The minimum atomic E-state index is -0.457. The Balaban J connectivity index is 1.36. The number of aliphatic hydroxyl groups excluding tert-OH is 1. The summed E-state index contributed by atoms with van der Waals surface area (Å²) in [6.45, 7) is 10.2. The number of nitrogens with zero attached hydrogens (tertiary/aromatic N) is 2. The Bertz CT molecular complexity index is 871. The Kier molecular flexibility index (Phi) is 7.15. The molecule has 2 atom stereocenters. The zero-order valence-electron chi connectivity index (χ0n) is 18.7. The number of para-hydroxylation sites is 1. The summed E-state index contributed by atoms with van der Waals surface area (Å²) in [7, 11) is 0. The second-order valence-electron chi connectivity index (χ2n) is 8.67. The highest BCUT2D eigenvalue weighted by Gasteiger charge is 2.25. The van der Waals surface area contributed by atoms with Crippen LogP contribution in [-0.4, -0.2) is 62.0 Å². The summed E-state index contributed by atoms with van der Waals surface area (Å²) in [6, 6.07) is 16.6. The van der Waals surface area contributed by atoms with Crippen molar-refractivity contribution in [2.75, 3.05) is 50.8 Å². The van der Waals surface area contributed by atoms with E-state index in [9.17, 15) is 5.11 Å². The first-order valence-corrected chi connectivity index (χ1v) is 11.4. The third-order valence-corrected chi connectivity index (χ3v) is 6.16. The minimum Gasteiger partial charge on any atom is -0.486 e. The number of anilines is 1. The summed E-state index contributed by atoms with van der Waals surface area (Å²) in [5.74, 6) is 1.85. The number of piperazine rings is 1. The fraction of sp³-hybridized carbons (Fsp3) is 0.462. The van der Waals surface area contributed by atoms with Gasteiger partial charge in [-0.3, -0.25) is 4.90 Å². The molecule has 166 valence electrons. The monoisotopic (exact) mass is 422 g/mol. The lowest BCUT2D eigenvalue weighted by atomic mass is 9.89. The number of ether oxygens (including phenoxy) is 2. The van der Waals surface area contributed by atoms with Crippen LogP contribution in [0, 0.1) is 0 Å². The average Bonchev–Trinajstić information content (AvgIpc) is 2.79. The van der Waals surface area contributed by atoms with E-state index in [4.69, 9.17) is 9.47 Å². The quantitative estimate of drug-likeness (QED) is 0.681. The fourth-order valence-corrected chi connectivity index (χ4v) is 4.53. The van der Waals surface area contributed by atoms with E-state index in [2.05, 4.69) is 40.1 Å². The van der Waals surface area contributed by atoms with Gasteiger partial charge in [0.2, 0.25) is 0 Å². The van der Waals surface area contributed by atoms with E-state index in [1.807, 2.05) is 38.1 Å². The molecule has 4 rings (SSSR count). The number of benzene rings is 2. The van der Waals surface area contributed by atoms with Gasteiger partial charge in [-0.2, -0.15) is 0 Å². The van der Waals surface area contributed by atoms with Gasteiger partial charge in [0, 0.05) is 32.1 Å². The topological polar surface area (TPSA) is 45.2 Å². The average molecular weight is 423 g/mol. The van der Waals surface area contributed by atoms with E-state index >= 15 is 0 Å². The first-order chi connectivity index (χ1) is 15.1. The largest absolute Gasteiger partial charge is 0.486 e. The van der Waals surface area contributed by atoms with E-state index in [0.717, 1.165) is 61.9 Å². The van der Waals surface area contributed by atoms with Crippen LogP contribution in [0.4, 0.5) is 5.69 Å². The normalized spacial score (nSPS) is 18.4. The standard InChI is InChI=1S/C26H34N2O3/c1-20(2)19-24(29)22(21-7-4-3-5-8-21)11-12-27-13-15-28(16-14-27)23-9-6-10-25-26(23)31-18-17-30-25/h3-10,19,22,24,29H,11-18H2,1-2H3. The van der Waals surface area contributed by atoms with E-state index < -0.39 is 6.10 Å². The molecule has 0 amide bonds. The van der Waals surface area contributed by atoms with Crippen LogP contribution in [-0.2, 0) is 0 Å². The third-order valence-electron chi connectivity index (χ3n) is 6.16. The molecule has 1 N–H and O–H groups in total. The van der Waals surface area contributed by atoms with Crippen molar-refractivity contribution < 1.29 is 14.6 Å². The molecule has 0 spiro atoms. The fourth-order valence-electron chi connectivity index (χ4n) is 4.53. The van der Waals surface area contributed by atoms with Crippen molar-refractivity contribution in [1.82, 2.24) is 4.90 Å². The van der Waals surface area contributed by atoms with Gasteiger partial charge in [-0.1, -0.05) is 48.0 Å². The van der Waals surface area contributed by atoms with Crippen LogP contribution < -0.4 is 14.4 Å². The number of allylic oxidation sites excluding steroid dienone is 1. The number of fused-ring (bicyclic) bond motifs is 1. The highest BCUT2D eigenvalue weighted by atomic mass is 16.6. The van der Waals surface area contributed by atoms with Gasteiger partial charge >= 0.3 is 0 Å². The molecule has 5 nitrogen and oxygen atoms in total. The summed E-state index contributed by atoms with van der Waals surface area (Å²) >= 11 is 0. The summed E-state index contributed by atoms with van der Waals surface area (Å²) in [5.41, 5.74) is 3.50. The molecule has 0 radical (unpaired) electrons. The molecule has 5 heteroatoms. The van der Waals surface area contributed by atoms with E-state index in [1.165, 1.54) is 5.56 Å². The second kappa shape index (κ2) is 10.2. The van der Waals surface area contributed by atoms with Crippen LogP contribution in [0.3, 0.4) is 0 Å². The van der Waals surface area contributed by atoms with Crippen molar-refractivity contribution in [3.63, 3.8) is 0 Å². The number of hydrogen-bond acceptors (Lipinski definition) is 5. The van der Waals surface area contributed by atoms with Gasteiger partial charge in [0.05, 0.1) is 11.8 Å². The molecular weight excluding hydrogens is 388 g/mol. The van der Waals surface area contributed by atoms with Crippen molar-refractivity contribution >= 4 is 5.69 Å². The Morgan fingerprint density at radius 3 is 2.45 bits per heavy atom. The van der Waals surface area contributed by atoms with Gasteiger partial charge in [-0.05, 0) is 44.5 Å². The zero-order chi connectivity index (χ0) is 21.6. The van der Waals surface area contributed by atoms with Crippen LogP contribution >= 0.6 is 0 Å². The van der Waals surface area contributed by atoms with Crippen LogP contribution in [0.25, 0.3) is 0 Å². The molecule has 2 heterocycles. The van der Waals surface area contributed by atoms with Gasteiger partial charge in [0.1, 0.15) is 13.2 Å². The van der Waals surface area contributed by atoms with Crippen LogP contribution in [0.2, 0.25) is 0 Å². The summed E-state index contributed by atoms with van der Waals surface area (Å²) in [5, 5.41) is 10.8. The lowest BCUT2D eigenvalue weighted by Gasteiger charge is -2.38. The Hall–Kier alpha value is -2.50. The van der Waals surface area contributed by atoms with Gasteiger partial charge < -0.3 is 19.5 Å². The van der Waals surface area contributed by atoms with Gasteiger partial charge in [-0.15, -0.1) is 0 Å². The van der Waals surface area contributed by atoms with Crippen molar-refractivity contribution in [3.8, 4) is 11.5 Å². The van der Waals surface area contributed by atoms with Crippen molar-refractivity contribution in [1.29, 1.82) is 0 Å². The third kappa shape index (κ3) is 5.41. The molecule has 0 saturated carbocycles. The Morgan fingerprint density at radius 2 is 1.71 bits per heavy atom. The first kappa shape index (κ1) is 21.7. The van der Waals surface area contributed by atoms with Crippen LogP contribution in [0.15, 0.2) is 60.2 Å². The van der Waals surface area contributed by atoms with Crippen molar-refractivity contribution in [2.45, 2.75) is 32.3 Å². The summed E-state index contributed by atoms with van der Waals surface area (Å²) < 4.78 is 11.6. The van der Waals surface area contributed by atoms with Gasteiger partial charge in [0.15, 0.2) is 11.5 Å². The minimum absolute atomic E-state index is 0.112. The van der Waals surface area contributed by atoms with Gasteiger partial charge in [-0.25, -0.2) is 0 Å². The van der Waals surface area contributed by atoms with Gasteiger partial charge in [0.25, 0.3) is 0 Å². The van der Waals surface area contributed by atoms with E-state index in [0.29, 0.717) is 13.2 Å². The molecule has 0 bridgehead atoms. The Labute approximate surface area is 185 Å². The van der Waals surface area contributed by atoms with Crippen LogP contribution in [0.1, 0.15) is 31.7 Å². The first-order valence-electron chi connectivity index (χ1n) is 11.4. The van der Waals surface area contributed by atoms with Crippen LogP contribution in [0.5, 0.6) is 11.5 Å². The Morgan fingerprint density at radius 1 is 0.968 bits per heavy atom. The summed E-state index contributed by atoms with van der Waals surface area (Å²) in [4.78, 5) is 4.91. The number of hydrogen-bond donors (Lipinski definition) is 1.